The maximum absolute atomic E-state index is 4.96. The molecule has 0 saturated carbocycles. The lowest BCUT2D eigenvalue weighted by atomic mass is 10.1. The van der Waals surface area contributed by atoms with Crippen molar-refractivity contribution in [2.75, 3.05) is 0 Å². The van der Waals surface area contributed by atoms with E-state index in [4.69, 9.17) is 10.1 Å². The van der Waals surface area contributed by atoms with Gasteiger partial charge in [-0.2, -0.15) is 10.1 Å². The molecule has 5 aromatic rings. The molecule has 156 valence electrons. The molecule has 6 heteroatoms. The first-order valence-corrected chi connectivity index (χ1v) is 10.9. The lowest BCUT2D eigenvalue weighted by molar-refractivity contribution is 0.745. The van der Waals surface area contributed by atoms with Gasteiger partial charge >= 0.3 is 0 Å². The van der Waals surface area contributed by atoms with Crippen molar-refractivity contribution in [1.82, 2.24) is 29.5 Å². The number of aromatic nitrogens is 6. The van der Waals surface area contributed by atoms with E-state index in [-0.39, 0.29) is 0 Å². The molecule has 0 aliphatic carbocycles. The molecule has 5 rings (SSSR count). The predicted octanol–water partition coefficient (Wildman–Crippen LogP) is 5.17. The van der Waals surface area contributed by atoms with Crippen molar-refractivity contribution in [3.8, 4) is 5.95 Å². The van der Waals surface area contributed by atoms with E-state index in [1.54, 1.807) is 0 Å². The van der Waals surface area contributed by atoms with Crippen LogP contribution in [0.2, 0.25) is 0 Å². The molecule has 2 aromatic carbocycles. The standard InChI is InChI=1S/C25H26N6/c1-4-5-13-20-17(2)29-31(18(20)3)25-26-24-23(27-28-25)21-14-9-10-15-22(21)30(24)16-19-11-7-6-8-12-19/h6-12,14-15H,4-5,13,16H2,1-3H3. The Bertz CT molecular complexity index is 1360. The normalized spacial score (nSPS) is 11.6. The monoisotopic (exact) mass is 410 g/mol. The third-order valence-corrected chi connectivity index (χ3v) is 5.96. The molecule has 6 nitrogen and oxygen atoms in total. The molecular formula is C25H26N6. The summed E-state index contributed by atoms with van der Waals surface area (Å²) < 4.78 is 4.07. The van der Waals surface area contributed by atoms with Crippen LogP contribution >= 0.6 is 0 Å². The van der Waals surface area contributed by atoms with Crippen LogP contribution in [-0.2, 0) is 13.0 Å². The summed E-state index contributed by atoms with van der Waals surface area (Å²) >= 11 is 0. The zero-order valence-corrected chi connectivity index (χ0v) is 18.2. The second-order valence-corrected chi connectivity index (χ2v) is 8.04. The Balaban J connectivity index is 1.68. The Morgan fingerprint density at radius 3 is 2.48 bits per heavy atom. The second kappa shape index (κ2) is 7.95. The maximum atomic E-state index is 4.96. The SMILES string of the molecule is CCCCc1c(C)nn(-c2nnc3c4ccccc4n(Cc4ccccc4)c3n2)c1C. The summed E-state index contributed by atoms with van der Waals surface area (Å²) in [6.45, 7) is 7.09. The summed E-state index contributed by atoms with van der Waals surface area (Å²) in [6.07, 6.45) is 3.34. The minimum Gasteiger partial charge on any atom is -0.319 e. The fourth-order valence-corrected chi connectivity index (χ4v) is 4.30. The first-order valence-electron chi connectivity index (χ1n) is 10.9. The highest BCUT2D eigenvalue weighted by atomic mass is 15.4. The van der Waals surface area contributed by atoms with Crippen molar-refractivity contribution in [3.05, 3.63) is 77.1 Å². The number of nitrogens with zero attached hydrogens (tertiary/aromatic N) is 6. The van der Waals surface area contributed by atoms with E-state index in [0.717, 1.165) is 59.3 Å². The van der Waals surface area contributed by atoms with Gasteiger partial charge in [-0.1, -0.05) is 61.9 Å². The molecule has 0 aliphatic heterocycles. The topological polar surface area (TPSA) is 61.4 Å². The fourth-order valence-electron chi connectivity index (χ4n) is 4.30. The molecule has 0 N–H and O–H groups in total. The van der Waals surface area contributed by atoms with Gasteiger partial charge in [-0.25, -0.2) is 4.68 Å². The molecule has 0 unspecified atom stereocenters. The third-order valence-electron chi connectivity index (χ3n) is 5.96. The Labute approximate surface area is 181 Å². The Morgan fingerprint density at radius 2 is 1.68 bits per heavy atom. The van der Waals surface area contributed by atoms with Crippen molar-refractivity contribution in [2.24, 2.45) is 0 Å². The zero-order valence-electron chi connectivity index (χ0n) is 18.2. The van der Waals surface area contributed by atoms with E-state index in [2.05, 4.69) is 78.0 Å². The van der Waals surface area contributed by atoms with Crippen LogP contribution < -0.4 is 0 Å². The third kappa shape index (κ3) is 3.38. The summed E-state index contributed by atoms with van der Waals surface area (Å²) in [5, 5.41) is 14.9. The van der Waals surface area contributed by atoms with Crippen LogP contribution in [0.15, 0.2) is 54.6 Å². The number of unbranched alkanes of at least 4 members (excludes halogenated alkanes) is 1. The molecule has 0 fully saturated rings. The van der Waals surface area contributed by atoms with E-state index in [1.807, 2.05) is 16.8 Å². The van der Waals surface area contributed by atoms with Gasteiger partial charge in [-0.15, -0.1) is 10.2 Å². The molecule has 0 spiro atoms. The van der Waals surface area contributed by atoms with Crippen molar-refractivity contribution in [1.29, 1.82) is 0 Å². The van der Waals surface area contributed by atoms with Crippen molar-refractivity contribution in [3.63, 3.8) is 0 Å². The van der Waals surface area contributed by atoms with Gasteiger partial charge in [0.1, 0.15) is 5.52 Å². The van der Waals surface area contributed by atoms with Crippen molar-refractivity contribution < 1.29 is 0 Å². The molecular weight excluding hydrogens is 384 g/mol. The smallest absolute Gasteiger partial charge is 0.272 e. The van der Waals surface area contributed by atoms with Gasteiger partial charge in [0, 0.05) is 17.6 Å². The van der Waals surface area contributed by atoms with Crippen LogP contribution in [0.5, 0.6) is 0 Å². The first kappa shape index (κ1) is 19.4. The molecule has 0 bridgehead atoms. The maximum Gasteiger partial charge on any atom is 0.272 e. The first-order chi connectivity index (χ1) is 15.2. The quantitative estimate of drug-likeness (QED) is 0.387. The Kier molecular flexibility index (Phi) is 4.98. The minimum atomic E-state index is 0.521. The van der Waals surface area contributed by atoms with Crippen molar-refractivity contribution >= 4 is 22.1 Å². The van der Waals surface area contributed by atoms with Crippen LogP contribution in [-0.4, -0.2) is 29.5 Å². The van der Waals surface area contributed by atoms with Gasteiger partial charge in [-0.3, -0.25) is 0 Å². The van der Waals surface area contributed by atoms with Gasteiger partial charge in [0.15, 0.2) is 5.65 Å². The van der Waals surface area contributed by atoms with Crippen LogP contribution in [0, 0.1) is 13.8 Å². The average molecular weight is 411 g/mol. The summed E-state index contributed by atoms with van der Waals surface area (Å²) in [7, 11) is 0. The van der Waals surface area contributed by atoms with Gasteiger partial charge < -0.3 is 4.57 Å². The summed E-state index contributed by atoms with van der Waals surface area (Å²) in [5.74, 6) is 0.521. The number of hydrogen-bond acceptors (Lipinski definition) is 4. The number of fused-ring (bicyclic) bond motifs is 3. The molecule has 0 radical (unpaired) electrons. The Morgan fingerprint density at radius 1 is 0.903 bits per heavy atom. The van der Waals surface area contributed by atoms with Gasteiger partial charge in [-0.05, 0) is 43.9 Å². The molecule has 0 saturated heterocycles. The van der Waals surface area contributed by atoms with E-state index < -0.39 is 0 Å². The molecule has 3 aromatic heterocycles. The largest absolute Gasteiger partial charge is 0.319 e. The van der Waals surface area contributed by atoms with Crippen molar-refractivity contribution in [2.45, 2.75) is 46.6 Å². The van der Waals surface area contributed by atoms with Gasteiger partial charge in [0.2, 0.25) is 0 Å². The highest BCUT2D eigenvalue weighted by Gasteiger charge is 2.18. The summed E-state index contributed by atoms with van der Waals surface area (Å²) in [6, 6.07) is 18.7. The summed E-state index contributed by atoms with van der Waals surface area (Å²) in [4.78, 5) is 4.96. The highest BCUT2D eigenvalue weighted by molar-refractivity contribution is 6.04. The van der Waals surface area contributed by atoms with Crippen LogP contribution in [0.25, 0.3) is 28.0 Å². The molecule has 0 atom stereocenters. The van der Waals surface area contributed by atoms with Crippen LogP contribution in [0.4, 0.5) is 0 Å². The fraction of sp³-hybridized carbons (Fsp3) is 0.280. The van der Waals surface area contributed by atoms with Crippen LogP contribution in [0.1, 0.15) is 42.3 Å². The van der Waals surface area contributed by atoms with Crippen LogP contribution in [0.3, 0.4) is 0 Å². The number of hydrogen-bond donors (Lipinski definition) is 0. The lowest BCUT2D eigenvalue weighted by Crippen LogP contribution is -2.09. The van der Waals surface area contributed by atoms with E-state index in [0.29, 0.717) is 5.95 Å². The van der Waals surface area contributed by atoms with Gasteiger partial charge in [0.25, 0.3) is 5.95 Å². The lowest BCUT2D eigenvalue weighted by Gasteiger charge is -2.08. The molecule has 0 aliphatic rings. The van der Waals surface area contributed by atoms with Gasteiger partial charge in [0.05, 0.1) is 11.2 Å². The summed E-state index contributed by atoms with van der Waals surface area (Å²) in [5.41, 5.74) is 7.41. The zero-order chi connectivity index (χ0) is 21.4. The molecule has 0 amide bonds. The number of para-hydroxylation sites is 1. The minimum absolute atomic E-state index is 0.521. The number of benzene rings is 2. The van der Waals surface area contributed by atoms with E-state index >= 15 is 0 Å². The molecule has 3 heterocycles. The van der Waals surface area contributed by atoms with E-state index in [1.165, 1.54) is 11.1 Å². The highest BCUT2D eigenvalue weighted by Crippen LogP contribution is 2.27. The predicted molar refractivity (Wildman–Crippen MR) is 124 cm³/mol. The number of rotatable bonds is 6. The average Bonchev–Trinajstić information content (AvgIpc) is 3.26. The van der Waals surface area contributed by atoms with E-state index in [9.17, 15) is 0 Å². The Hall–Kier alpha value is -3.54. The molecule has 31 heavy (non-hydrogen) atoms. The number of aryl methyl sites for hydroxylation is 1. The second-order valence-electron chi connectivity index (χ2n) is 8.04.